The monoisotopic (exact) mass is 390 g/mol. The highest BCUT2D eigenvalue weighted by molar-refractivity contribution is 7.91. The molecule has 0 spiro atoms. The molecule has 1 unspecified atom stereocenters. The van der Waals surface area contributed by atoms with Crippen LogP contribution in [0.1, 0.15) is 29.9 Å². The maximum absolute atomic E-state index is 13.2. The number of benzene rings is 2. The van der Waals surface area contributed by atoms with E-state index in [2.05, 4.69) is 5.32 Å². The zero-order valence-corrected chi connectivity index (χ0v) is 15.6. The van der Waals surface area contributed by atoms with Crippen LogP contribution in [0.4, 0.5) is 0 Å². The van der Waals surface area contributed by atoms with Crippen LogP contribution < -0.4 is 0 Å². The van der Waals surface area contributed by atoms with Gasteiger partial charge in [0.05, 0.1) is 20.9 Å². The van der Waals surface area contributed by atoms with Gasteiger partial charge in [-0.2, -0.15) is 0 Å². The maximum Gasteiger partial charge on any atom is 0.207 e. The Morgan fingerprint density at radius 2 is 2.04 bits per heavy atom. The van der Waals surface area contributed by atoms with Gasteiger partial charge >= 0.3 is 0 Å². The van der Waals surface area contributed by atoms with Crippen LogP contribution in [0, 0.1) is 0 Å². The Morgan fingerprint density at radius 3 is 2.81 bits per heavy atom. The van der Waals surface area contributed by atoms with Crippen LogP contribution in [0.5, 0.6) is 0 Å². The summed E-state index contributed by atoms with van der Waals surface area (Å²) in [5.74, 6) is 0.816. The van der Waals surface area contributed by atoms with E-state index in [1.54, 1.807) is 31.2 Å². The zero-order valence-electron chi connectivity index (χ0n) is 14.1. The molecular formula is C19H17ClNO4S-. The number of rotatable bonds is 3. The summed E-state index contributed by atoms with van der Waals surface area (Å²) in [5.41, 5.74) is 1.75. The van der Waals surface area contributed by atoms with E-state index < -0.39 is 15.9 Å². The minimum Gasteiger partial charge on any atom is -0.658 e. The van der Waals surface area contributed by atoms with Crippen LogP contribution in [-0.4, -0.2) is 20.1 Å². The summed E-state index contributed by atoms with van der Waals surface area (Å²) >= 11 is 6.34. The van der Waals surface area contributed by atoms with E-state index in [1.807, 2.05) is 0 Å². The lowest BCUT2D eigenvalue weighted by molar-refractivity contribution is 0.196. The first kappa shape index (κ1) is 17.5. The molecule has 0 radical (unpaired) electrons. The molecule has 136 valence electrons. The maximum atomic E-state index is 13.2. The van der Waals surface area contributed by atoms with Gasteiger partial charge in [-0.1, -0.05) is 29.8 Å². The molecule has 4 rings (SSSR count). The average Bonchev–Trinajstić information content (AvgIpc) is 3.01. The fourth-order valence-corrected chi connectivity index (χ4v) is 5.26. The first-order valence-corrected chi connectivity index (χ1v) is 10.1. The Kier molecular flexibility index (Phi) is 4.31. The fourth-order valence-electron chi connectivity index (χ4n) is 3.33. The number of halogens is 1. The van der Waals surface area contributed by atoms with Crippen LogP contribution in [0.2, 0.25) is 5.02 Å². The van der Waals surface area contributed by atoms with Crippen LogP contribution in [0.15, 0.2) is 50.6 Å². The van der Waals surface area contributed by atoms with Crippen molar-refractivity contribution in [2.24, 2.45) is 0 Å². The van der Waals surface area contributed by atoms with Crippen molar-refractivity contribution in [1.29, 1.82) is 0 Å². The predicted molar refractivity (Wildman–Crippen MR) is 99.4 cm³/mol. The van der Waals surface area contributed by atoms with E-state index in [9.17, 15) is 13.5 Å². The SMILES string of the molecule is CC(O)c1ccccc1S(=O)(=O)c1cc(Cl)c2oc3c(c2c1)C[N-]CC3. The summed E-state index contributed by atoms with van der Waals surface area (Å²) in [6.07, 6.45) is -0.214. The lowest BCUT2D eigenvalue weighted by atomic mass is 10.1. The van der Waals surface area contributed by atoms with Crippen molar-refractivity contribution >= 4 is 32.4 Å². The number of sulfone groups is 1. The van der Waals surface area contributed by atoms with Crippen LogP contribution in [0.25, 0.3) is 16.3 Å². The summed E-state index contributed by atoms with van der Waals surface area (Å²) < 4.78 is 32.3. The molecule has 26 heavy (non-hydrogen) atoms. The number of aliphatic hydroxyl groups is 1. The number of fused-ring (bicyclic) bond motifs is 3. The van der Waals surface area contributed by atoms with Gasteiger partial charge in [0.15, 0.2) is 5.58 Å². The van der Waals surface area contributed by atoms with Gasteiger partial charge in [0, 0.05) is 5.39 Å². The number of aliphatic hydroxyl groups excluding tert-OH is 1. The van der Waals surface area contributed by atoms with Gasteiger partial charge in [-0.15, -0.1) is 13.1 Å². The highest BCUT2D eigenvalue weighted by atomic mass is 35.5. The van der Waals surface area contributed by atoms with Gasteiger partial charge in [0.2, 0.25) is 9.84 Å². The molecule has 0 fully saturated rings. The van der Waals surface area contributed by atoms with Gasteiger partial charge in [0.1, 0.15) is 5.76 Å². The first-order chi connectivity index (χ1) is 12.4. The van der Waals surface area contributed by atoms with Crippen molar-refractivity contribution in [2.45, 2.75) is 35.8 Å². The number of hydrogen-bond donors (Lipinski definition) is 1. The zero-order chi connectivity index (χ0) is 18.5. The summed E-state index contributed by atoms with van der Waals surface area (Å²) in [6.45, 7) is 2.72. The van der Waals surface area contributed by atoms with Crippen molar-refractivity contribution in [1.82, 2.24) is 0 Å². The Morgan fingerprint density at radius 1 is 1.27 bits per heavy atom. The average molecular weight is 391 g/mol. The highest BCUT2D eigenvalue weighted by Gasteiger charge is 2.26. The highest BCUT2D eigenvalue weighted by Crippen LogP contribution is 2.38. The lowest BCUT2D eigenvalue weighted by Gasteiger charge is -2.24. The molecule has 0 bridgehead atoms. The normalized spacial score (nSPS) is 15.8. The molecule has 1 aliphatic rings. The summed E-state index contributed by atoms with van der Waals surface area (Å²) in [7, 11) is -3.85. The van der Waals surface area contributed by atoms with E-state index in [1.165, 1.54) is 12.1 Å². The van der Waals surface area contributed by atoms with E-state index in [4.69, 9.17) is 16.0 Å². The molecular weight excluding hydrogens is 374 g/mol. The number of furan rings is 1. The standard InChI is InChI=1S/C19H17ClNO4S/c1-11(22)13-4-2-3-5-18(13)26(23,24)12-8-14-15-10-21-7-6-17(15)25-19(14)16(20)9-12/h2-5,8-9,11,22H,6-7,10H2,1H3/q-1. The van der Waals surface area contributed by atoms with Crippen LogP contribution in [0.3, 0.4) is 0 Å². The van der Waals surface area contributed by atoms with Gasteiger partial charge < -0.3 is 14.8 Å². The topological polar surface area (TPSA) is 81.6 Å². The molecule has 0 saturated carbocycles. The van der Waals surface area contributed by atoms with Gasteiger partial charge in [-0.05, 0) is 42.7 Å². The van der Waals surface area contributed by atoms with E-state index in [0.717, 1.165) is 11.3 Å². The first-order valence-electron chi connectivity index (χ1n) is 8.28. The lowest BCUT2D eigenvalue weighted by Crippen LogP contribution is -2.08. The second-order valence-corrected chi connectivity index (χ2v) is 8.68. The minimum absolute atomic E-state index is 0.0764. The molecule has 2 heterocycles. The number of nitrogens with zero attached hydrogens (tertiary/aromatic N) is 1. The summed E-state index contributed by atoms with van der Waals surface area (Å²) in [5, 5.41) is 15.3. The van der Waals surface area contributed by atoms with Crippen molar-refractivity contribution in [3.05, 3.63) is 63.6 Å². The van der Waals surface area contributed by atoms with Crippen molar-refractivity contribution in [3.8, 4) is 0 Å². The second-order valence-electron chi connectivity index (χ2n) is 6.36. The van der Waals surface area contributed by atoms with Gasteiger partial charge in [0.25, 0.3) is 0 Å². The van der Waals surface area contributed by atoms with E-state index in [-0.39, 0.29) is 14.8 Å². The van der Waals surface area contributed by atoms with Crippen molar-refractivity contribution in [3.63, 3.8) is 0 Å². The van der Waals surface area contributed by atoms with Crippen LogP contribution >= 0.6 is 11.6 Å². The van der Waals surface area contributed by atoms with Gasteiger partial charge in [-0.3, -0.25) is 0 Å². The smallest absolute Gasteiger partial charge is 0.207 e. The Hall–Kier alpha value is -1.86. The van der Waals surface area contributed by atoms with Gasteiger partial charge in [-0.25, -0.2) is 8.42 Å². The van der Waals surface area contributed by atoms with E-state index >= 15 is 0 Å². The fraction of sp³-hybridized carbons (Fsp3) is 0.263. The van der Waals surface area contributed by atoms with Crippen LogP contribution in [-0.2, 0) is 22.8 Å². The van der Waals surface area contributed by atoms with Crippen molar-refractivity contribution in [2.75, 3.05) is 6.54 Å². The second kappa shape index (κ2) is 6.39. The molecule has 0 saturated heterocycles. The molecule has 1 aromatic heterocycles. The molecule has 1 atom stereocenters. The molecule has 5 nitrogen and oxygen atoms in total. The molecule has 7 heteroatoms. The molecule has 1 aliphatic heterocycles. The largest absolute Gasteiger partial charge is 0.658 e. The third-order valence-corrected chi connectivity index (χ3v) is 6.73. The minimum atomic E-state index is -3.85. The van der Waals surface area contributed by atoms with E-state index in [0.29, 0.717) is 36.0 Å². The predicted octanol–water partition coefficient (Wildman–Crippen LogP) is 4.40. The molecule has 1 N–H and O–H groups in total. The summed E-state index contributed by atoms with van der Waals surface area (Å²) in [6, 6.07) is 9.44. The third kappa shape index (κ3) is 2.74. The Labute approximate surface area is 156 Å². The quantitative estimate of drug-likeness (QED) is 0.718. The molecule has 0 amide bonds. The third-order valence-electron chi connectivity index (χ3n) is 4.64. The molecule has 2 aromatic carbocycles. The van der Waals surface area contributed by atoms with Crippen molar-refractivity contribution < 1.29 is 17.9 Å². The summed E-state index contributed by atoms with van der Waals surface area (Å²) in [4.78, 5) is 0.157. The Balaban J connectivity index is 1.94. The molecule has 0 aliphatic carbocycles. The number of hydrogen-bond acceptors (Lipinski definition) is 4. The molecule has 3 aromatic rings. The Bertz CT molecular complexity index is 1100.